The summed E-state index contributed by atoms with van der Waals surface area (Å²) in [6.07, 6.45) is 0. The van der Waals surface area contributed by atoms with E-state index in [4.69, 9.17) is 4.52 Å². The van der Waals surface area contributed by atoms with E-state index in [2.05, 4.69) is 15.8 Å². The molecule has 1 aromatic carbocycles. The summed E-state index contributed by atoms with van der Waals surface area (Å²) in [4.78, 5) is 28.1. The molecule has 0 aliphatic carbocycles. The van der Waals surface area contributed by atoms with Crippen LogP contribution in [0.4, 0.5) is 10.6 Å². The third kappa shape index (κ3) is 5.06. The van der Waals surface area contributed by atoms with Gasteiger partial charge in [0.2, 0.25) is 5.91 Å². The van der Waals surface area contributed by atoms with Crippen molar-refractivity contribution in [3.8, 4) is 0 Å². The van der Waals surface area contributed by atoms with Crippen molar-refractivity contribution in [2.45, 2.75) is 13.5 Å². The summed E-state index contributed by atoms with van der Waals surface area (Å²) in [5.41, 5.74) is 1.07. The smallest absolute Gasteiger partial charge is 0.317 e. The van der Waals surface area contributed by atoms with E-state index in [1.165, 1.54) is 0 Å². The molecule has 26 heavy (non-hydrogen) atoms. The number of benzene rings is 1. The van der Waals surface area contributed by atoms with Crippen molar-refractivity contribution in [2.75, 3.05) is 38.0 Å². The number of urea groups is 1. The second-order valence-electron chi connectivity index (χ2n) is 6.28. The molecule has 3 amide bonds. The second kappa shape index (κ2) is 8.48. The lowest BCUT2D eigenvalue weighted by Gasteiger charge is -2.34. The molecule has 0 bridgehead atoms. The highest BCUT2D eigenvalue weighted by atomic mass is 16.5. The van der Waals surface area contributed by atoms with Crippen molar-refractivity contribution in [3.05, 3.63) is 47.7 Å². The van der Waals surface area contributed by atoms with E-state index < -0.39 is 0 Å². The van der Waals surface area contributed by atoms with Gasteiger partial charge in [-0.2, -0.15) is 0 Å². The fourth-order valence-corrected chi connectivity index (χ4v) is 2.81. The Morgan fingerprint density at radius 2 is 1.88 bits per heavy atom. The normalized spacial score (nSPS) is 14.9. The van der Waals surface area contributed by atoms with E-state index in [-0.39, 0.29) is 18.5 Å². The van der Waals surface area contributed by atoms with Crippen LogP contribution in [0.1, 0.15) is 11.3 Å². The van der Waals surface area contributed by atoms with Gasteiger partial charge in [-0.05, 0) is 12.5 Å². The molecule has 2 aromatic rings. The first-order valence-electron chi connectivity index (χ1n) is 8.62. The van der Waals surface area contributed by atoms with Gasteiger partial charge in [0, 0.05) is 38.8 Å². The van der Waals surface area contributed by atoms with Crippen molar-refractivity contribution in [3.63, 3.8) is 0 Å². The maximum absolute atomic E-state index is 12.2. The van der Waals surface area contributed by atoms with Crippen LogP contribution in [0.25, 0.3) is 0 Å². The number of hydrogen-bond acceptors (Lipinski definition) is 5. The molecule has 1 aromatic heterocycles. The lowest BCUT2D eigenvalue weighted by molar-refractivity contribution is -0.117. The Balaban J connectivity index is 1.38. The van der Waals surface area contributed by atoms with Crippen molar-refractivity contribution < 1.29 is 14.1 Å². The summed E-state index contributed by atoms with van der Waals surface area (Å²) in [5, 5.41) is 9.38. The first-order chi connectivity index (χ1) is 12.6. The first-order valence-corrected chi connectivity index (χ1v) is 8.62. The second-order valence-corrected chi connectivity index (χ2v) is 6.28. The molecule has 0 spiro atoms. The van der Waals surface area contributed by atoms with Gasteiger partial charge in [-0.15, -0.1) is 0 Å². The number of carbonyl (C=O) groups excluding carboxylic acids is 2. The number of carbonyl (C=O) groups is 2. The Bertz CT molecular complexity index is 738. The van der Waals surface area contributed by atoms with Gasteiger partial charge >= 0.3 is 6.03 Å². The Morgan fingerprint density at radius 1 is 1.15 bits per heavy atom. The minimum Gasteiger partial charge on any atom is -0.360 e. The number of anilines is 1. The van der Waals surface area contributed by atoms with Crippen molar-refractivity contribution in [2.24, 2.45) is 0 Å². The van der Waals surface area contributed by atoms with Crippen LogP contribution in [-0.4, -0.2) is 59.6 Å². The van der Waals surface area contributed by atoms with E-state index in [0.29, 0.717) is 44.3 Å². The number of piperazine rings is 1. The summed E-state index contributed by atoms with van der Waals surface area (Å²) < 4.78 is 4.92. The minimum absolute atomic E-state index is 0.0731. The molecule has 1 aliphatic rings. The molecule has 138 valence electrons. The first kappa shape index (κ1) is 17.9. The highest BCUT2D eigenvalue weighted by Gasteiger charge is 2.22. The topological polar surface area (TPSA) is 90.7 Å². The predicted octanol–water partition coefficient (Wildman–Crippen LogP) is 1.45. The monoisotopic (exact) mass is 357 g/mol. The van der Waals surface area contributed by atoms with E-state index in [1.807, 2.05) is 35.2 Å². The largest absolute Gasteiger partial charge is 0.360 e. The Hall–Kier alpha value is -2.87. The number of amides is 3. The van der Waals surface area contributed by atoms with Crippen LogP contribution in [0.2, 0.25) is 0 Å². The standard InChI is InChI=1S/C18H23N5O3/c1-14-11-16(21-26-14)20-17(24)13-22-7-9-23(10-8-22)18(25)19-12-15-5-3-2-4-6-15/h2-6,11H,7-10,12-13H2,1H3,(H,19,25)(H,20,21,24). The molecule has 1 saturated heterocycles. The minimum atomic E-state index is -0.139. The number of nitrogens with one attached hydrogen (secondary N) is 2. The highest BCUT2D eigenvalue weighted by Crippen LogP contribution is 2.08. The Kier molecular flexibility index (Phi) is 5.85. The zero-order valence-corrected chi connectivity index (χ0v) is 14.8. The number of hydrogen-bond donors (Lipinski definition) is 2. The molecule has 8 nitrogen and oxygen atoms in total. The average molecular weight is 357 g/mol. The summed E-state index contributed by atoms with van der Waals surface area (Å²) in [6.45, 7) is 5.05. The number of aromatic nitrogens is 1. The van der Waals surface area contributed by atoms with Crippen LogP contribution in [0.5, 0.6) is 0 Å². The zero-order valence-electron chi connectivity index (χ0n) is 14.8. The molecule has 0 unspecified atom stereocenters. The third-order valence-electron chi connectivity index (χ3n) is 4.21. The molecule has 1 aliphatic heterocycles. The fourth-order valence-electron chi connectivity index (χ4n) is 2.81. The quantitative estimate of drug-likeness (QED) is 0.845. The number of nitrogens with zero attached hydrogens (tertiary/aromatic N) is 3. The van der Waals surface area contributed by atoms with E-state index in [1.54, 1.807) is 17.9 Å². The van der Waals surface area contributed by atoms with Gasteiger partial charge in [0.25, 0.3) is 0 Å². The summed E-state index contributed by atoms with van der Waals surface area (Å²) in [5.74, 6) is 0.933. The molecule has 2 heterocycles. The van der Waals surface area contributed by atoms with Gasteiger partial charge in [-0.25, -0.2) is 4.79 Å². The van der Waals surface area contributed by atoms with E-state index in [0.717, 1.165) is 5.56 Å². The van der Waals surface area contributed by atoms with Crippen LogP contribution in [-0.2, 0) is 11.3 Å². The van der Waals surface area contributed by atoms with Gasteiger partial charge in [-0.3, -0.25) is 9.69 Å². The predicted molar refractivity (Wildman–Crippen MR) is 96.6 cm³/mol. The fraction of sp³-hybridized carbons (Fsp3) is 0.389. The van der Waals surface area contributed by atoms with Crippen LogP contribution in [0.3, 0.4) is 0 Å². The van der Waals surface area contributed by atoms with Gasteiger partial charge in [0.15, 0.2) is 5.82 Å². The van der Waals surface area contributed by atoms with E-state index >= 15 is 0 Å². The third-order valence-corrected chi connectivity index (χ3v) is 4.21. The lowest BCUT2D eigenvalue weighted by Crippen LogP contribution is -2.52. The molecule has 3 rings (SSSR count). The summed E-state index contributed by atoms with van der Waals surface area (Å²) in [6, 6.07) is 11.4. The summed E-state index contributed by atoms with van der Waals surface area (Å²) >= 11 is 0. The van der Waals surface area contributed by atoms with Crippen molar-refractivity contribution in [1.29, 1.82) is 0 Å². The Labute approximate surface area is 152 Å². The molecular weight excluding hydrogens is 334 g/mol. The molecule has 8 heteroatoms. The molecule has 0 atom stereocenters. The molecule has 0 saturated carbocycles. The number of aryl methyl sites for hydroxylation is 1. The zero-order chi connectivity index (χ0) is 18.4. The SMILES string of the molecule is Cc1cc(NC(=O)CN2CCN(C(=O)NCc3ccccc3)CC2)no1. The van der Waals surface area contributed by atoms with Crippen molar-refractivity contribution in [1.82, 2.24) is 20.3 Å². The molecule has 1 fully saturated rings. The van der Waals surface area contributed by atoms with Gasteiger partial charge in [0.05, 0.1) is 6.54 Å². The average Bonchev–Trinajstić information content (AvgIpc) is 3.05. The Morgan fingerprint density at radius 3 is 2.54 bits per heavy atom. The lowest BCUT2D eigenvalue weighted by atomic mass is 10.2. The highest BCUT2D eigenvalue weighted by molar-refractivity contribution is 5.91. The maximum atomic E-state index is 12.2. The van der Waals surface area contributed by atoms with Gasteiger partial charge < -0.3 is 20.1 Å². The molecule has 0 radical (unpaired) electrons. The van der Waals surface area contributed by atoms with Gasteiger partial charge in [-0.1, -0.05) is 35.5 Å². The molecule has 2 N–H and O–H groups in total. The van der Waals surface area contributed by atoms with Crippen LogP contribution in [0, 0.1) is 6.92 Å². The van der Waals surface area contributed by atoms with Gasteiger partial charge in [0.1, 0.15) is 5.76 Å². The maximum Gasteiger partial charge on any atom is 0.317 e. The summed E-state index contributed by atoms with van der Waals surface area (Å²) in [7, 11) is 0. The van der Waals surface area contributed by atoms with Crippen molar-refractivity contribution >= 4 is 17.8 Å². The number of rotatable bonds is 5. The van der Waals surface area contributed by atoms with E-state index in [9.17, 15) is 9.59 Å². The van der Waals surface area contributed by atoms with Crippen LogP contribution >= 0.6 is 0 Å². The molecular formula is C18H23N5O3. The van der Waals surface area contributed by atoms with Crippen LogP contribution in [0.15, 0.2) is 40.9 Å². The van der Waals surface area contributed by atoms with Crippen LogP contribution < -0.4 is 10.6 Å².